The zero-order valence-corrected chi connectivity index (χ0v) is 10.7. The third kappa shape index (κ3) is 2.33. The molecule has 0 bridgehead atoms. The molecule has 0 spiro atoms. The van der Waals surface area contributed by atoms with E-state index >= 15 is 0 Å². The number of carbonyl (C=O) groups excluding carboxylic acids is 2. The number of anilines is 1. The molecule has 0 radical (unpaired) electrons. The van der Waals surface area contributed by atoms with Crippen LogP contribution < -0.4 is 21.5 Å². The summed E-state index contributed by atoms with van der Waals surface area (Å²) >= 11 is 1.42. The van der Waals surface area contributed by atoms with E-state index in [9.17, 15) is 9.59 Å². The van der Waals surface area contributed by atoms with Gasteiger partial charge < -0.3 is 5.32 Å². The molecular formula is C11H14N4O2S. The molecule has 3 amide bonds. The quantitative estimate of drug-likeness (QED) is 0.410. The van der Waals surface area contributed by atoms with Gasteiger partial charge in [-0.25, -0.2) is 15.5 Å². The van der Waals surface area contributed by atoms with E-state index in [4.69, 9.17) is 5.84 Å². The van der Waals surface area contributed by atoms with E-state index in [0.717, 1.165) is 15.4 Å². The molecule has 1 aromatic carbocycles. The van der Waals surface area contributed by atoms with E-state index in [1.165, 1.54) is 11.8 Å². The number of hydrazine groups is 1. The Bertz CT molecular complexity index is 492. The van der Waals surface area contributed by atoms with Crippen molar-refractivity contribution in [1.82, 2.24) is 10.7 Å². The molecule has 1 aliphatic rings. The summed E-state index contributed by atoms with van der Waals surface area (Å²) in [5, 5.41) is 3.02. The predicted molar refractivity (Wildman–Crippen MR) is 70.1 cm³/mol. The fraction of sp³-hybridized carbons (Fsp3) is 0.273. The predicted octanol–water partition coefficient (Wildman–Crippen LogP) is 0.428. The lowest BCUT2D eigenvalue weighted by atomic mass is 10.2. The highest BCUT2D eigenvalue weighted by Gasteiger charge is 2.29. The van der Waals surface area contributed by atoms with Gasteiger partial charge in [0, 0.05) is 11.4 Å². The molecular weight excluding hydrogens is 252 g/mol. The van der Waals surface area contributed by atoms with Crippen LogP contribution in [-0.4, -0.2) is 24.7 Å². The highest BCUT2D eigenvalue weighted by Crippen LogP contribution is 2.35. The summed E-state index contributed by atoms with van der Waals surface area (Å²) in [6.07, 6.45) is 0. The minimum atomic E-state index is -0.608. The van der Waals surface area contributed by atoms with Crippen LogP contribution in [0.15, 0.2) is 23.1 Å². The van der Waals surface area contributed by atoms with Crippen molar-refractivity contribution >= 4 is 29.4 Å². The normalized spacial score (nSPS) is 14.3. The number of nitrogens with two attached hydrogens (primary N) is 1. The number of urea groups is 1. The summed E-state index contributed by atoms with van der Waals surface area (Å²) in [7, 11) is 1.84. The van der Waals surface area contributed by atoms with Crippen molar-refractivity contribution in [3.63, 3.8) is 0 Å². The number of hydrogen-bond acceptors (Lipinski definition) is 5. The molecule has 0 unspecified atom stereocenters. The Kier molecular flexibility index (Phi) is 3.85. The van der Waals surface area contributed by atoms with Crippen molar-refractivity contribution < 1.29 is 9.59 Å². The molecule has 1 heterocycles. The summed E-state index contributed by atoms with van der Waals surface area (Å²) in [5.41, 5.74) is 3.59. The van der Waals surface area contributed by atoms with E-state index in [1.54, 1.807) is 0 Å². The average molecular weight is 266 g/mol. The molecule has 1 aliphatic heterocycles. The van der Waals surface area contributed by atoms with Crippen LogP contribution in [-0.2, 0) is 11.3 Å². The molecule has 96 valence electrons. The van der Waals surface area contributed by atoms with Gasteiger partial charge in [0.15, 0.2) is 0 Å². The average Bonchev–Trinajstić information content (AvgIpc) is 2.38. The fourth-order valence-electron chi connectivity index (χ4n) is 1.80. The topological polar surface area (TPSA) is 87.5 Å². The van der Waals surface area contributed by atoms with E-state index in [1.807, 2.05) is 30.7 Å². The summed E-state index contributed by atoms with van der Waals surface area (Å²) in [4.78, 5) is 25.4. The number of hydrogen-bond donors (Lipinski definition) is 3. The lowest BCUT2D eigenvalue weighted by molar-refractivity contribution is -0.115. The largest absolute Gasteiger partial charge is 0.342 e. The molecule has 0 aromatic heterocycles. The molecule has 0 saturated carbocycles. The number of nitrogens with zero attached hydrogens (tertiary/aromatic N) is 1. The van der Waals surface area contributed by atoms with E-state index in [0.29, 0.717) is 12.2 Å². The van der Waals surface area contributed by atoms with Crippen molar-refractivity contribution in [1.29, 1.82) is 0 Å². The molecule has 0 saturated heterocycles. The van der Waals surface area contributed by atoms with Crippen molar-refractivity contribution in [2.75, 3.05) is 17.7 Å². The van der Waals surface area contributed by atoms with Crippen LogP contribution in [0.1, 0.15) is 5.56 Å². The SMILES string of the molecule is CNCc1ccc2c(c1)N(C(=O)NN)C(=O)CS2. The van der Waals surface area contributed by atoms with Crippen molar-refractivity contribution in [3.8, 4) is 0 Å². The van der Waals surface area contributed by atoms with E-state index < -0.39 is 6.03 Å². The first kappa shape index (κ1) is 12.9. The monoisotopic (exact) mass is 266 g/mol. The van der Waals surface area contributed by atoms with Crippen molar-refractivity contribution in [3.05, 3.63) is 23.8 Å². The molecule has 1 aromatic rings. The lowest BCUT2D eigenvalue weighted by Gasteiger charge is -2.27. The Morgan fingerprint density at radius 1 is 1.56 bits per heavy atom. The van der Waals surface area contributed by atoms with Crippen LogP contribution in [0.3, 0.4) is 0 Å². The molecule has 6 nitrogen and oxygen atoms in total. The highest BCUT2D eigenvalue weighted by atomic mass is 32.2. The second-order valence-electron chi connectivity index (χ2n) is 3.80. The first-order valence-corrected chi connectivity index (χ1v) is 6.39. The Balaban J connectivity index is 2.43. The Hall–Kier alpha value is -1.57. The maximum atomic E-state index is 11.8. The number of rotatable bonds is 2. The third-order valence-electron chi connectivity index (χ3n) is 2.57. The Morgan fingerprint density at radius 2 is 2.33 bits per heavy atom. The van der Waals surface area contributed by atoms with Gasteiger partial charge in [0.05, 0.1) is 11.4 Å². The summed E-state index contributed by atoms with van der Waals surface area (Å²) in [6.45, 7) is 0.671. The lowest BCUT2D eigenvalue weighted by Crippen LogP contribution is -2.49. The minimum Gasteiger partial charge on any atom is -0.316 e. The Morgan fingerprint density at radius 3 is 3.00 bits per heavy atom. The number of imide groups is 1. The van der Waals surface area contributed by atoms with Crippen LogP contribution in [0.25, 0.3) is 0 Å². The fourth-order valence-corrected chi connectivity index (χ4v) is 2.67. The number of thioether (sulfide) groups is 1. The van der Waals surface area contributed by atoms with Gasteiger partial charge in [-0.1, -0.05) is 6.07 Å². The number of nitrogens with one attached hydrogen (secondary N) is 2. The van der Waals surface area contributed by atoms with Gasteiger partial charge in [-0.3, -0.25) is 10.2 Å². The first-order valence-electron chi connectivity index (χ1n) is 5.41. The third-order valence-corrected chi connectivity index (χ3v) is 3.62. The van der Waals surface area contributed by atoms with Crippen LogP contribution in [0, 0.1) is 0 Å². The van der Waals surface area contributed by atoms with Crippen molar-refractivity contribution in [2.24, 2.45) is 5.84 Å². The van der Waals surface area contributed by atoms with E-state index in [2.05, 4.69) is 5.32 Å². The van der Waals surface area contributed by atoms with Gasteiger partial charge in [-0.15, -0.1) is 11.8 Å². The first-order chi connectivity index (χ1) is 8.67. The zero-order valence-electron chi connectivity index (χ0n) is 9.90. The second kappa shape index (κ2) is 5.38. The summed E-state index contributed by atoms with van der Waals surface area (Å²) in [6, 6.07) is 5.10. The van der Waals surface area contributed by atoms with Crippen LogP contribution in [0.5, 0.6) is 0 Å². The molecule has 0 aliphatic carbocycles. The molecule has 0 atom stereocenters. The Labute approximate surface area is 109 Å². The van der Waals surface area contributed by atoms with Crippen LogP contribution >= 0.6 is 11.8 Å². The van der Waals surface area contributed by atoms with Gasteiger partial charge in [0.1, 0.15) is 0 Å². The maximum absolute atomic E-state index is 11.8. The molecule has 7 heteroatoms. The standard InChI is InChI=1S/C11H14N4O2S/c1-13-5-7-2-3-9-8(4-7)15(11(17)14-12)10(16)6-18-9/h2-4,13H,5-6,12H2,1H3,(H,14,17). The highest BCUT2D eigenvalue weighted by molar-refractivity contribution is 8.00. The maximum Gasteiger partial charge on any atom is 0.342 e. The molecule has 2 rings (SSSR count). The van der Waals surface area contributed by atoms with Gasteiger partial charge >= 0.3 is 6.03 Å². The molecule has 4 N–H and O–H groups in total. The minimum absolute atomic E-state index is 0.242. The van der Waals surface area contributed by atoms with Gasteiger partial charge in [-0.2, -0.15) is 0 Å². The molecule has 18 heavy (non-hydrogen) atoms. The number of benzene rings is 1. The number of amides is 3. The van der Waals surface area contributed by atoms with E-state index in [-0.39, 0.29) is 11.7 Å². The van der Waals surface area contributed by atoms with Crippen molar-refractivity contribution in [2.45, 2.75) is 11.4 Å². The summed E-state index contributed by atoms with van der Waals surface area (Å²) in [5.74, 6) is 5.08. The van der Waals surface area contributed by atoms with Gasteiger partial charge in [0.25, 0.3) is 0 Å². The number of fused-ring (bicyclic) bond motifs is 1. The van der Waals surface area contributed by atoms with Crippen LogP contribution in [0.4, 0.5) is 10.5 Å². The number of carbonyl (C=O) groups is 2. The smallest absolute Gasteiger partial charge is 0.316 e. The van der Waals surface area contributed by atoms with Crippen LogP contribution in [0.2, 0.25) is 0 Å². The zero-order chi connectivity index (χ0) is 13.1. The van der Waals surface area contributed by atoms with Gasteiger partial charge in [0.2, 0.25) is 5.91 Å². The second-order valence-corrected chi connectivity index (χ2v) is 4.82. The molecule has 0 fully saturated rings. The van der Waals surface area contributed by atoms with Gasteiger partial charge in [-0.05, 0) is 24.7 Å². The summed E-state index contributed by atoms with van der Waals surface area (Å²) < 4.78 is 0.